The summed E-state index contributed by atoms with van der Waals surface area (Å²) in [6.45, 7) is 2.23. The number of pyridine rings is 2. The van der Waals surface area contributed by atoms with Crippen LogP contribution in [0.1, 0.15) is 91.0 Å². The average Bonchev–Trinajstić information content (AvgIpc) is 2.74. The molecule has 0 bridgehead atoms. The van der Waals surface area contributed by atoms with Gasteiger partial charge in [0, 0.05) is 30.8 Å². The van der Waals surface area contributed by atoms with Crippen LogP contribution < -0.4 is 5.73 Å². The second kappa shape index (κ2) is 9.53. The Morgan fingerprint density at radius 1 is 1.13 bits per heavy atom. The highest BCUT2D eigenvalue weighted by atomic mass is 19.1. The molecule has 0 saturated heterocycles. The lowest BCUT2D eigenvalue weighted by Crippen LogP contribution is -2.31. The quantitative estimate of drug-likeness (QED) is 0.698. The number of aromatic nitrogens is 2. The van der Waals surface area contributed by atoms with Crippen molar-refractivity contribution in [2.45, 2.75) is 82.3 Å². The molecule has 2 aliphatic rings. The fourth-order valence-corrected chi connectivity index (χ4v) is 5.41. The van der Waals surface area contributed by atoms with Gasteiger partial charge in [-0.3, -0.25) is 9.78 Å². The average molecular weight is 426 g/mol. The van der Waals surface area contributed by atoms with Crippen molar-refractivity contribution in [1.29, 1.82) is 0 Å². The van der Waals surface area contributed by atoms with Crippen LogP contribution in [0.25, 0.3) is 0 Å². The van der Waals surface area contributed by atoms with E-state index in [9.17, 15) is 14.3 Å². The highest BCUT2D eigenvalue weighted by molar-refractivity contribution is 5.96. The Labute approximate surface area is 183 Å². The lowest BCUT2D eigenvalue weighted by atomic mass is 9.75. The predicted molar refractivity (Wildman–Crippen MR) is 117 cm³/mol. The lowest BCUT2D eigenvalue weighted by molar-refractivity contribution is 0.0985. The van der Waals surface area contributed by atoms with E-state index in [1.807, 2.05) is 6.07 Å². The van der Waals surface area contributed by atoms with Gasteiger partial charge < -0.3 is 10.8 Å². The number of carbonyl (C=O) groups is 1. The maximum absolute atomic E-state index is 14.5. The molecule has 2 aromatic heterocycles. The number of rotatable bonds is 5. The minimum absolute atomic E-state index is 0.0460. The molecule has 0 radical (unpaired) electrons. The summed E-state index contributed by atoms with van der Waals surface area (Å²) in [5.41, 5.74) is 8.97. The lowest BCUT2D eigenvalue weighted by Gasteiger charge is -2.32. The molecule has 2 fully saturated rings. The van der Waals surface area contributed by atoms with Crippen molar-refractivity contribution in [1.82, 2.24) is 9.97 Å². The van der Waals surface area contributed by atoms with Crippen molar-refractivity contribution >= 4 is 5.78 Å². The third-order valence-corrected chi connectivity index (χ3v) is 6.95. The summed E-state index contributed by atoms with van der Waals surface area (Å²) in [6.07, 6.45) is 9.12. The molecular formula is C25H32FN3O2. The van der Waals surface area contributed by atoms with Crippen molar-refractivity contribution in [3.05, 3.63) is 58.9 Å². The van der Waals surface area contributed by atoms with E-state index in [1.165, 1.54) is 12.1 Å². The highest BCUT2D eigenvalue weighted by Crippen LogP contribution is 2.37. The van der Waals surface area contributed by atoms with Crippen molar-refractivity contribution in [2.75, 3.05) is 0 Å². The van der Waals surface area contributed by atoms with Crippen LogP contribution in [0.2, 0.25) is 0 Å². The number of nitrogens with two attached hydrogens (primary N) is 1. The number of carbonyl (C=O) groups excluding carboxylic acids is 1. The van der Waals surface area contributed by atoms with Crippen molar-refractivity contribution in [2.24, 2.45) is 11.7 Å². The van der Waals surface area contributed by atoms with E-state index in [4.69, 9.17) is 5.73 Å². The minimum atomic E-state index is -0.370. The molecule has 0 spiro atoms. The first-order chi connectivity index (χ1) is 14.9. The molecule has 4 rings (SSSR count). The van der Waals surface area contributed by atoms with Gasteiger partial charge in [0.25, 0.3) is 0 Å². The maximum Gasteiger partial charge on any atom is 0.185 e. The van der Waals surface area contributed by atoms with Gasteiger partial charge in [-0.2, -0.15) is 0 Å². The Hall–Kier alpha value is -2.18. The zero-order valence-electron chi connectivity index (χ0n) is 18.1. The summed E-state index contributed by atoms with van der Waals surface area (Å²) in [6, 6.07) is 5.02. The Kier molecular flexibility index (Phi) is 6.77. The molecule has 2 aromatic rings. The smallest absolute Gasteiger partial charge is 0.185 e. The summed E-state index contributed by atoms with van der Waals surface area (Å²) < 4.78 is 14.5. The SMILES string of the molecule is C[C@@H]1C[C@H](N)C[C@H](c2ccncc2CC(=O)c2ccc(F)c(C3CCC(O)CC3)n2)C1. The van der Waals surface area contributed by atoms with E-state index in [0.29, 0.717) is 48.9 Å². The minimum Gasteiger partial charge on any atom is -0.393 e. The maximum atomic E-state index is 14.5. The summed E-state index contributed by atoms with van der Waals surface area (Å²) in [5.74, 6) is 0.343. The van der Waals surface area contributed by atoms with Crippen molar-refractivity contribution in [3.63, 3.8) is 0 Å². The number of hydrogen-bond acceptors (Lipinski definition) is 5. The molecule has 0 unspecified atom stereocenters. The fraction of sp³-hybridized carbons (Fsp3) is 0.560. The molecule has 2 aliphatic carbocycles. The van der Waals surface area contributed by atoms with Crippen LogP contribution in [0, 0.1) is 11.7 Å². The van der Waals surface area contributed by atoms with E-state index < -0.39 is 0 Å². The van der Waals surface area contributed by atoms with Crippen molar-refractivity contribution < 1.29 is 14.3 Å². The highest BCUT2D eigenvalue weighted by Gasteiger charge is 2.28. The van der Waals surface area contributed by atoms with Crippen LogP contribution in [-0.2, 0) is 6.42 Å². The van der Waals surface area contributed by atoms with Gasteiger partial charge in [0.1, 0.15) is 11.5 Å². The van der Waals surface area contributed by atoms with Gasteiger partial charge >= 0.3 is 0 Å². The van der Waals surface area contributed by atoms with Gasteiger partial charge in [0.2, 0.25) is 0 Å². The van der Waals surface area contributed by atoms with Crippen molar-refractivity contribution in [3.8, 4) is 0 Å². The van der Waals surface area contributed by atoms with Gasteiger partial charge in [-0.15, -0.1) is 0 Å². The van der Waals surface area contributed by atoms with Gasteiger partial charge in [-0.1, -0.05) is 6.92 Å². The zero-order valence-corrected chi connectivity index (χ0v) is 18.1. The third kappa shape index (κ3) is 5.18. The molecule has 0 aliphatic heterocycles. The third-order valence-electron chi connectivity index (χ3n) is 6.95. The summed E-state index contributed by atoms with van der Waals surface area (Å²) in [7, 11) is 0. The topological polar surface area (TPSA) is 89.1 Å². The molecule has 5 nitrogen and oxygen atoms in total. The monoisotopic (exact) mass is 425 g/mol. The number of hydrogen-bond donors (Lipinski definition) is 2. The first-order valence-electron chi connectivity index (χ1n) is 11.5. The van der Waals surface area contributed by atoms with Gasteiger partial charge in [0.15, 0.2) is 5.78 Å². The molecule has 31 heavy (non-hydrogen) atoms. The number of Topliss-reactive ketones (excluding diaryl/α,β-unsaturated/α-hetero) is 1. The molecule has 2 saturated carbocycles. The number of nitrogens with zero attached hydrogens (tertiary/aromatic N) is 2. The van der Waals surface area contributed by atoms with Crippen LogP contribution in [0.4, 0.5) is 4.39 Å². The fourth-order valence-electron chi connectivity index (χ4n) is 5.41. The van der Waals surface area contributed by atoms with E-state index in [2.05, 4.69) is 16.9 Å². The molecule has 0 aromatic carbocycles. The Bertz CT molecular complexity index is 917. The Balaban J connectivity index is 1.53. The van der Waals surface area contributed by atoms with Crippen LogP contribution >= 0.6 is 0 Å². The molecule has 0 amide bonds. The van der Waals surface area contributed by atoms with Crippen LogP contribution in [-0.4, -0.2) is 33.0 Å². The molecule has 2 heterocycles. The molecule has 6 heteroatoms. The first kappa shape index (κ1) is 22.0. The predicted octanol–water partition coefficient (Wildman–Crippen LogP) is 4.29. The standard InChI is InChI=1S/C25H32FN3O2/c1-15-10-17(12-19(27)11-15)21-8-9-28-14-18(21)13-24(31)23-7-6-22(26)25(29-23)16-2-4-20(30)5-3-16/h6-9,14-17,19-20,30H,2-5,10-13,27H2,1H3/t15-,16?,17+,19-,20?/m0/s1. The Morgan fingerprint density at radius 2 is 1.90 bits per heavy atom. The number of aliphatic hydroxyl groups excluding tert-OH is 1. The van der Waals surface area contributed by atoms with Gasteiger partial charge in [-0.25, -0.2) is 9.37 Å². The first-order valence-corrected chi connectivity index (χ1v) is 11.5. The van der Waals surface area contributed by atoms with E-state index in [0.717, 1.165) is 30.4 Å². The number of aliphatic hydroxyl groups is 1. The molecule has 166 valence electrons. The van der Waals surface area contributed by atoms with Gasteiger partial charge in [-0.05, 0) is 86.1 Å². The summed E-state index contributed by atoms with van der Waals surface area (Å²) in [4.78, 5) is 21.8. The van der Waals surface area contributed by atoms with E-state index in [-0.39, 0.29) is 36.1 Å². The molecule has 3 atom stereocenters. The Morgan fingerprint density at radius 3 is 2.65 bits per heavy atom. The number of halogens is 1. The second-order valence-corrected chi connectivity index (χ2v) is 9.51. The van der Waals surface area contributed by atoms with Crippen LogP contribution in [0.3, 0.4) is 0 Å². The van der Waals surface area contributed by atoms with Crippen LogP contribution in [0.15, 0.2) is 30.6 Å². The van der Waals surface area contributed by atoms with Crippen LogP contribution in [0.5, 0.6) is 0 Å². The second-order valence-electron chi connectivity index (χ2n) is 9.51. The largest absolute Gasteiger partial charge is 0.393 e. The zero-order chi connectivity index (χ0) is 22.0. The summed E-state index contributed by atoms with van der Waals surface area (Å²) in [5, 5.41) is 9.73. The molecule has 3 N–H and O–H groups in total. The van der Waals surface area contributed by atoms with Gasteiger partial charge in [0.05, 0.1) is 11.8 Å². The van der Waals surface area contributed by atoms with E-state index in [1.54, 1.807) is 12.4 Å². The summed E-state index contributed by atoms with van der Waals surface area (Å²) >= 11 is 0. The normalized spacial score (nSPS) is 29.0. The van der Waals surface area contributed by atoms with E-state index >= 15 is 0 Å². The number of ketones is 1. The molecular weight excluding hydrogens is 393 g/mol.